The first-order valence-electron chi connectivity index (χ1n) is 10.0. The molecule has 27 heavy (non-hydrogen) atoms. The standard InChI is InChI=1S/C20H40N2O4Si/c1-14(17(21)23)22(18(24)25-19(2,3)4)15-10-12-16(13-11-15)26-27(8,9)20(5,6)7/h14-16H,10-13H2,1-9H3,(H2,21,23). The molecule has 158 valence electrons. The van der Waals surface area contributed by atoms with E-state index >= 15 is 0 Å². The van der Waals surface area contributed by atoms with Gasteiger partial charge in [-0.25, -0.2) is 4.79 Å². The molecule has 1 saturated carbocycles. The lowest BCUT2D eigenvalue weighted by Crippen LogP contribution is -2.54. The molecule has 6 nitrogen and oxygen atoms in total. The van der Waals surface area contributed by atoms with Crippen molar-refractivity contribution < 1.29 is 18.8 Å². The van der Waals surface area contributed by atoms with Gasteiger partial charge in [-0.1, -0.05) is 20.8 Å². The van der Waals surface area contributed by atoms with Crippen LogP contribution in [-0.2, 0) is 14.0 Å². The van der Waals surface area contributed by atoms with Crippen molar-refractivity contribution in [1.29, 1.82) is 0 Å². The zero-order valence-corrected chi connectivity index (χ0v) is 19.7. The molecule has 0 radical (unpaired) electrons. The summed E-state index contributed by atoms with van der Waals surface area (Å²) < 4.78 is 12.1. The fourth-order valence-electron chi connectivity index (χ4n) is 3.11. The molecule has 0 aliphatic heterocycles. The molecule has 7 heteroatoms. The summed E-state index contributed by atoms with van der Waals surface area (Å²) in [4.78, 5) is 26.0. The second kappa shape index (κ2) is 8.51. The third kappa shape index (κ3) is 6.78. The molecule has 1 atom stereocenters. The predicted molar refractivity (Wildman–Crippen MR) is 111 cm³/mol. The fourth-order valence-corrected chi connectivity index (χ4v) is 4.53. The van der Waals surface area contributed by atoms with Crippen LogP contribution in [0.15, 0.2) is 0 Å². The van der Waals surface area contributed by atoms with E-state index < -0.39 is 32.0 Å². The first-order chi connectivity index (χ1) is 12.0. The molecule has 1 unspecified atom stereocenters. The van der Waals surface area contributed by atoms with Gasteiger partial charge in [0.25, 0.3) is 0 Å². The number of carbonyl (C=O) groups excluding carboxylic acids is 2. The van der Waals surface area contributed by atoms with E-state index in [1.165, 1.54) is 4.90 Å². The van der Waals surface area contributed by atoms with Gasteiger partial charge in [0.1, 0.15) is 11.6 Å². The second-order valence-corrected chi connectivity index (χ2v) is 15.0. The lowest BCUT2D eigenvalue weighted by atomic mass is 9.91. The van der Waals surface area contributed by atoms with Crippen molar-refractivity contribution in [3.8, 4) is 0 Å². The molecule has 0 spiro atoms. The molecule has 2 N–H and O–H groups in total. The fraction of sp³-hybridized carbons (Fsp3) is 0.900. The number of ether oxygens (including phenoxy) is 1. The first kappa shape index (κ1) is 24.0. The van der Waals surface area contributed by atoms with E-state index in [0.29, 0.717) is 0 Å². The van der Waals surface area contributed by atoms with E-state index in [2.05, 4.69) is 33.9 Å². The lowest BCUT2D eigenvalue weighted by molar-refractivity contribution is -0.124. The van der Waals surface area contributed by atoms with Crippen LogP contribution in [0.4, 0.5) is 4.79 Å². The van der Waals surface area contributed by atoms with Gasteiger partial charge in [-0.15, -0.1) is 0 Å². The van der Waals surface area contributed by atoms with Gasteiger partial charge in [0, 0.05) is 12.1 Å². The molecule has 0 aromatic heterocycles. The number of hydrogen-bond donors (Lipinski definition) is 1. The van der Waals surface area contributed by atoms with Gasteiger partial charge in [0.15, 0.2) is 8.32 Å². The minimum atomic E-state index is -1.81. The number of amides is 2. The Balaban J connectivity index is 2.82. The van der Waals surface area contributed by atoms with Gasteiger partial charge in [0.05, 0.1) is 0 Å². The molecule has 2 amide bonds. The van der Waals surface area contributed by atoms with E-state index in [-0.39, 0.29) is 17.2 Å². The van der Waals surface area contributed by atoms with Gasteiger partial charge in [-0.3, -0.25) is 9.69 Å². The molecule has 1 aliphatic rings. The maximum atomic E-state index is 12.7. The first-order valence-corrected chi connectivity index (χ1v) is 12.9. The van der Waals surface area contributed by atoms with Crippen LogP contribution in [0.3, 0.4) is 0 Å². The molecule has 0 saturated heterocycles. The number of rotatable bonds is 5. The summed E-state index contributed by atoms with van der Waals surface area (Å²) in [5.74, 6) is -0.513. The molecular weight excluding hydrogens is 360 g/mol. The highest BCUT2D eigenvalue weighted by Crippen LogP contribution is 2.39. The SMILES string of the molecule is CC(C(N)=O)N(C(=O)OC(C)(C)C)C1CCC(O[Si](C)(C)C(C)(C)C)CC1. The Morgan fingerprint density at radius 3 is 1.89 bits per heavy atom. The summed E-state index contributed by atoms with van der Waals surface area (Å²) in [7, 11) is -1.81. The van der Waals surface area contributed by atoms with Crippen molar-refractivity contribution in [3.63, 3.8) is 0 Å². The summed E-state index contributed by atoms with van der Waals surface area (Å²) in [6.07, 6.45) is 3.07. The van der Waals surface area contributed by atoms with E-state index in [1.54, 1.807) is 6.92 Å². The van der Waals surface area contributed by atoms with Gasteiger partial charge >= 0.3 is 6.09 Å². The predicted octanol–water partition coefficient (Wildman–Crippen LogP) is 4.43. The van der Waals surface area contributed by atoms with Gasteiger partial charge in [0.2, 0.25) is 5.91 Å². The Kier molecular flexibility index (Phi) is 7.55. The number of carbonyl (C=O) groups is 2. The Morgan fingerprint density at radius 2 is 1.52 bits per heavy atom. The van der Waals surface area contributed by atoms with Crippen molar-refractivity contribution in [2.75, 3.05) is 0 Å². The number of hydrogen-bond acceptors (Lipinski definition) is 4. The molecule has 1 rings (SSSR count). The smallest absolute Gasteiger partial charge is 0.411 e. The zero-order chi connectivity index (χ0) is 21.2. The molecule has 1 fully saturated rings. The average Bonchev–Trinajstić information content (AvgIpc) is 2.45. The number of nitrogens with zero attached hydrogens (tertiary/aromatic N) is 1. The van der Waals surface area contributed by atoms with Gasteiger partial charge in [-0.2, -0.15) is 0 Å². The zero-order valence-electron chi connectivity index (χ0n) is 18.7. The average molecular weight is 401 g/mol. The van der Waals surface area contributed by atoms with E-state index in [1.807, 2.05) is 20.8 Å². The Bertz CT molecular complexity index is 529. The van der Waals surface area contributed by atoms with Crippen LogP contribution in [0.1, 0.15) is 74.1 Å². The Labute approximate surface area is 166 Å². The summed E-state index contributed by atoms with van der Waals surface area (Å²) in [6.45, 7) is 18.4. The van der Waals surface area contributed by atoms with Crippen LogP contribution in [0.2, 0.25) is 18.1 Å². The second-order valence-electron chi connectivity index (χ2n) is 10.3. The summed E-state index contributed by atoms with van der Waals surface area (Å²) in [5.41, 5.74) is 4.88. The quantitative estimate of drug-likeness (QED) is 0.692. The van der Waals surface area contributed by atoms with E-state index in [4.69, 9.17) is 14.9 Å². The summed E-state index contributed by atoms with van der Waals surface area (Å²) in [5, 5.41) is 0.173. The Hall–Kier alpha value is -1.08. The maximum Gasteiger partial charge on any atom is 0.411 e. The molecule has 0 bridgehead atoms. The molecule has 0 aromatic rings. The van der Waals surface area contributed by atoms with Crippen molar-refractivity contribution >= 4 is 20.3 Å². The molecule has 0 heterocycles. The normalized spacial score (nSPS) is 22.9. The number of nitrogens with two attached hydrogens (primary N) is 1. The van der Waals surface area contributed by atoms with Crippen molar-refractivity contribution in [3.05, 3.63) is 0 Å². The van der Waals surface area contributed by atoms with Crippen molar-refractivity contribution in [1.82, 2.24) is 4.90 Å². The van der Waals surface area contributed by atoms with Crippen LogP contribution >= 0.6 is 0 Å². The molecule has 0 aromatic carbocycles. The van der Waals surface area contributed by atoms with Crippen LogP contribution in [0.5, 0.6) is 0 Å². The monoisotopic (exact) mass is 400 g/mol. The molecule has 1 aliphatic carbocycles. The van der Waals surface area contributed by atoms with E-state index in [0.717, 1.165) is 25.7 Å². The highest BCUT2D eigenvalue weighted by atomic mass is 28.4. The van der Waals surface area contributed by atoms with E-state index in [9.17, 15) is 9.59 Å². The third-order valence-corrected chi connectivity index (χ3v) is 10.3. The minimum absolute atomic E-state index is 0.0541. The highest BCUT2D eigenvalue weighted by Gasteiger charge is 2.41. The third-order valence-electron chi connectivity index (χ3n) is 5.74. The topological polar surface area (TPSA) is 81.9 Å². The van der Waals surface area contributed by atoms with Crippen LogP contribution < -0.4 is 5.73 Å². The van der Waals surface area contributed by atoms with Gasteiger partial charge < -0.3 is 14.9 Å². The summed E-state index contributed by atoms with van der Waals surface area (Å²) in [6, 6.07) is -0.746. The van der Waals surface area contributed by atoms with Crippen LogP contribution in [0.25, 0.3) is 0 Å². The summed E-state index contributed by atoms with van der Waals surface area (Å²) >= 11 is 0. The largest absolute Gasteiger partial charge is 0.444 e. The van der Waals surface area contributed by atoms with Crippen molar-refractivity contribution in [2.24, 2.45) is 5.73 Å². The van der Waals surface area contributed by atoms with Gasteiger partial charge in [-0.05, 0) is 71.5 Å². The molecular formula is C20H40N2O4Si. The minimum Gasteiger partial charge on any atom is -0.444 e. The lowest BCUT2D eigenvalue weighted by Gasteiger charge is -2.43. The van der Waals surface area contributed by atoms with Crippen LogP contribution in [0, 0.1) is 0 Å². The highest BCUT2D eigenvalue weighted by molar-refractivity contribution is 6.74. The Morgan fingerprint density at radius 1 is 1.04 bits per heavy atom. The van der Waals surface area contributed by atoms with Crippen LogP contribution in [-0.4, -0.2) is 49.0 Å². The number of primary amides is 1. The van der Waals surface area contributed by atoms with Crippen molar-refractivity contribution in [2.45, 2.75) is 116 Å². The maximum absolute atomic E-state index is 12.7.